The number of carbonyl (C=O) groups excluding carboxylic acids is 1. The number of halogens is 5. The molecule has 178 valence electrons. The Balaban J connectivity index is 1.97. The number of fused-ring (bicyclic) bond motifs is 6. The smallest absolute Gasteiger partial charge is 0.388 e. The number of phenolic OH excluding ortho intramolecular Hbond substituents is 1. The minimum atomic E-state index is -4.74. The summed E-state index contributed by atoms with van der Waals surface area (Å²) in [7, 11) is -4.74. The third kappa shape index (κ3) is 4.43. The van der Waals surface area contributed by atoms with E-state index in [-0.39, 0.29) is 11.1 Å². The Bertz CT molecular complexity index is 1440. The minimum absolute atomic E-state index is 0.0670. The first kappa shape index (κ1) is 23.6. The largest absolute Gasteiger partial charge is 0.505 e. The standard InChI is InChI=1S/C20H11ClF4N2O6S/c21-12-1-8-2-16(18(12)28)34(30,31)27-15-4-10(13(22)5-14(15)23)11-6-26-17(33-20(24)25)3-9(11)7-32-19(8)29/h1-6,20,27-28H,7H2. The molecule has 4 bridgehead atoms. The first-order chi connectivity index (χ1) is 16.0. The van der Waals surface area contributed by atoms with Gasteiger partial charge >= 0.3 is 12.6 Å². The molecule has 0 saturated heterocycles. The van der Waals surface area contributed by atoms with Crippen molar-refractivity contribution in [2.24, 2.45) is 0 Å². The number of aromatic nitrogens is 1. The molecule has 1 aromatic heterocycles. The monoisotopic (exact) mass is 518 g/mol. The summed E-state index contributed by atoms with van der Waals surface area (Å²) in [6, 6.07) is 3.80. The van der Waals surface area contributed by atoms with Gasteiger partial charge in [-0.05, 0) is 18.2 Å². The summed E-state index contributed by atoms with van der Waals surface area (Å²) in [5.41, 5.74) is -1.71. The van der Waals surface area contributed by atoms with E-state index in [0.717, 1.165) is 30.5 Å². The van der Waals surface area contributed by atoms with Crippen LogP contribution >= 0.6 is 11.6 Å². The molecule has 2 N–H and O–H groups in total. The van der Waals surface area contributed by atoms with E-state index in [2.05, 4.69) is 9.72 Å². The van der Waals surface area contributed by atoms with E-state index in [1.807, 2.05) is 4.72 Å². The van der Waals surface area contributed by atoms with Crippen molar-refractivity contribution >= 4 is 33.3 Å². The van der Waals surface area contributed by atoms with Gasteiger partial charge in [-0.2, -0.15) is 8.78 Å². The Morgan fingerprint density at radius 1 is 1.12 bits per heavy atom. The highest BCUT2D eigenvalue weighted by molar-refractivity contribution is 7.92. The molecule has 0 fully saturated rings. The zero-order chi connectivity index (χ0) is 24.8. The Labute approximate surface area is 193 Å². The number of carbonyl (C=O) groups is 1. The van der Waals surface area contributed by atoms with Crippen LogP contribution in [0, 0.1) is 11.6 Å². The lowest BCUT2D eigenvalue weighted by atomic mass is 10.0. The lowest BCUT2D eigenvalue weighted by molar-refractivity contribution is -0.0529. The van der Waals surface area contributed by atoms with Gasteiger partial charge in [-0.25, -0.2) is 27.0 Å². The second-order valence-corrected chi connectivity index (χ2v) is 8.91. The summed E-state index contributed by atoms with van der Waals surface area (Å²) in [6.07, 6.45) is 0.915. The van der Waals surface area contributed by atoms with E-state index in [1.165, 1.54) is 0 Å². The van der Waals surface area contributed by atoms with Crippen LogP contribution in [0.15, 0.2) is 41.4 Å². The molecule has 0 atom stereocenters. The first-order valence-electron chi connectivity index (χ1n) is 9.12. The maximum absolute atomic E-state index is 14.7. The first-order valence-corrected chi connectivity index (χ1v) is 11.0. The molecule has 1 aliphatic heterocycles. The van der Waals surface area contributed by atoms with Crippen LogP contribution < -0.4 is 9.46 Å². The number of hydrogen-bond donors (Lipinski definition) is 2. The van der Waals surface area contributed by atoms with Gasteiger partial charge in [0.2, 0.25) is 5.88 Å². The van der Waals surface area contributed by atoms with Crippen molar-refractivity contribution in [3.05, 3.63) is 64.3 Å². The number of sulfonamides is 1. The third-order valence-electron chi connectivity index (χ3n) is 4.68. The van der Waals surface area contributed by atoms with Crippen molar-refractivity contribution in [2.75, 3.05) is 4.72 Å². The summed E-state index contributed by atoms with van der Waals surface area (Å²) in [6.45, 7) is -3.86. The van der Waals surface area contributed by atoms with Gasteiger partial charge in [0.15, 0.2) is 5.75 Å². The van der Waals surface area contributed by atoms with Gasteiger partial charge in [0, 0.05) is 35.0 Å². The molecule has 2 aromatic carbocycles. The zero-order valence-corrected chi connectivity index (χ0v) is 18.1. The highest BCUT2D eigenvalue weighted by atomic mass is 35.5. The number of benzene rings is 2. The SMILES string of the molecule is O=C1OCc2cc(OC(F)F)ncc2-c2cc(c(F)cc2F)NS(=O)(=O)c2cc1cc(Cl)c2O. The van der Waals surface area contributed by atoms with Crippen molar-refractivity contribution in [3.8, 4) is 22.8 Å². The summed E-state index contributed by atoms with van der Waals surface area (Å²) < 4.78 is 91.3. The molecule has 0 radical (unpaired) electrons. The number of aromatic hydroxyl groups is 1. The van der Waals surface area contributed by atoms with Crippen LogP contribution in [-0.4, -0.2) is 31.1 Å². The summed E-state index contributed by atoms with van der Waals surface area (Å²) >= 11 is 5.85. The second-order valence-electron chi connectivity index (χ2n) is 6.86. The summed E-state index contributed by atoms with van der Waals surface area (Å²) in [4.78, 5) is 15.3. The van der Waals surface area contributed by atoms with E-state index in [1.54, 1.807) is 0 Å². The molecule has 1 aliphatic rings. The fraction of sp³-hybridized carbons (Fsp3) is 0.100. The van der Waals surface area contributed by atoms with Gasteiger partial charge in [-0.15, -0.1) is 0 Å². The van der Waals surface area contributed by atoms with Crippen LogP contribution in [0.25, 0.3) is 11.1 Å². The van der Waals surface area contributed by atoms with Crippen LogP contribution in [0.2, 0.25) is 5.02 Å². The number of nitrogens with zero attached hydrogens (tertiary/aromatic N) is 1. The number of pyridine rings is 1. The van der Waals surface area contributed by atoms with Crippen molar-refractivity contribution in [1.29, 1.82) is 0 Å². The molecule has 0 amide bonds. The summed E-state index contributed by atoms with van der Waals surface area (Å²) in [5.74, 6) is -5.08. The van der Waals surface area contributed by atoms with E-state index >= 15 is 0 Å². The van der Waals surface area contributed by atoms with Gasteiger partial charge in [0.05, 0.1) is 16.3 Å². The van der Waals surface area contributed by atoms with Crippen molar-refractivity contribution < 1.29 is 45.4 Å². The predicted molar refractivity (Wildman–Crippen MR) is 109 cm³/mol. The predicted octanol–water partition coefficient (Wildman–Crippen LogP) is 4.46. The molecule has 0 spiro atoms. The lowest BCUT2D eigenvalue weighted by Crippen LogP contribution is -2.15. The number of rotatable bonds is 2. The summed E-state index contributed by atoms with van der Waals surface area (Å²) in [5, 5.41) is 9.61. The van der Waals surface area contributed by atoms with Gasteiger partial charge in [-0.1, -0.05) is 11.6 Å². The zero-order valence-electron chi connectivity index (χ0n) is 16.5. The third-order valence-corrected chi connectivity index (χ3v) is 6.35. The van der Waals surface area contributed by atoms with Crippen molar-refractivity contribution in [2.45, 2.75) is 18.1 Å². The van der Waals surface area contributed by atoms with Crippen LogP contribution in [-0.2, 0) is 21.4 Å². The van der Waals surface area contributed by atoms with Crippen molar-refractivity contribution in [1.82, 2.24) is 4.98 Å². The fourth-order valence-electron chi connectivity index (χ4n) is 3.15. The van der Waals surface area contributed by atoms with Gasteiger partial charge in [0.25, 0.3) is 10.0 Å². The van der Waals surface area contributed by atoms with Gasteiger partial charge in [0.1, 0.15) is 23.1 Å². The molecule has 2 heterocycles. The van der Waals surface area contributed by atoms with E-state index in [9.17, 15) is 35.9 Å². The second kappa shape index (κ2) is 8.65. The van der Waals surface area contributed by atoms with Gasteiger partial charge < -0.3 is 14.6 Å². The molecule has 0 aliphatic carbocycles. The average molecular weight is 519 g/mol. The Morgan fingerprint density at radius 2 is 1.85 bits per heavy atom. The van der Waals surface area contributed by atoms with Crippen LogP contribution in [0.4, 0.5) is 23.2 Å². The van der Waals surface area contributed by atoms with E-state index in [0.29, 0.717) is 6.07 Å². The number of phenols is 1. The maximum atomic E-state index is 14.7. The van der Waals surface area contributed by atoms with E-state index < -0.39 is 79.2 Å². The number of hydrogen-bond acceptors (Lipinski definition) is 7. The maximum Gasteiger partial charge on any atom is 0.388 e. The van der Waals surface area contributed by atoms with Crippen LogP contribution in [0.1, 0.15) is 15.9 Å². The van der Waals surface area contributed by atoms with Crippen molar-refractivity contribution in [3.63, 3.8) is 0 Å². The number of esters is 1. The topological polar surface area (TPSA) is 115 Å². The number of nitrogens with one attached hydrogen (secondary N) is 1. The van der Waals surface area contributed by atoms with Crippen LogP contribution in [0.3, 0.4) is 0 Å². The molecule has 14 heteroatoms. The number of anilines is 1. The Hall–Kier alpha value is -3.58. The van der Waals surface area contributed by atoms with E-state index in [4.69, 9.17) is 16.3 Å². The molecule has 34 heavy (non-hydrogen) atoms. The Kier molecular flexibility index (Phi) is 6.00. The number of cyclic esters (lactones) is 1. The lowest BCUT2D eigenvalue weighted by Gasteiger charge is -2.14. The highest BCUT2D eigenvalue weighted by Gasteiger charge is 2.27. The average Bonchev–Trinajstić information content (AvgIpc) is 2.75. The fourth-order valence-corrected chi connectivity index (χ4v) is 4.63. The van der Waals surface area contributed by atoms with Gasteiger partial charge in [-0.3, -0.25) is 4.72 Å². The normalized spacial score (nSPS) is 14.7. The quantitative estimate of drug-likeness (QED) is 0.380. The molecule has 4 rings (SSSR count). The number of alkyl halides is 2. The molecule has 0 saturated carbocycles. The number of ether oxygens (including phenoxy) is 2. The Morgan fingerprint density at radius 3 is 2.56 bits per heavy atom. The molecule has 0 unspecified atom stereocenters. The molecular formula is C20H11ClF4N2O6S. The molecule has 3 aromatic rings. The molecule has 8 nitrogen and oxygen atoms in total. The molecular weight excluding hydrogens is 508 g/mol. The van der Waals surface area contributed by atoms with Crippen LogP contribution in [0.5, 0.6) is 11.6 Å². The minimum Gasteiger partial charge on any atom is -0.505 e. The highest BCUT2D eigenvalue weighted by Crippen LogP contribution is 2.37.